The van der Waals surface area contributed by atoms with Crippen LogP contribution in [-0.4, -0.2) is 49.5 Å². The first-order chi connectivity index (χ1) is 17.5. The molecular weight excluding hydrogens is 555 g/mol. The van der Waals surface area contributed by atoms with E-state index in [0.717, 1.165) is 17.0 Å². The number of benzene rings is 3. The average molecular weight is 582 g/mol. The van der Waals surface area contributed by atoms with Crippen LogP contribution in [0.15, 0.2) is 77.3 Å². The van der Waals surface area contributed by atoms with Gasteiger partial charge in [-0.15, -0.1) is 0 Å². The number of rotatable bonds is 10. The van der Waals surface area contributed by atoms with Crippen molar-refractivity contribution >= 4 is 21.8 Å². The van der Waals surface area contributed by atoms with E-state index in [-0.39, 0.29) is 13.2 Å². The van der Waals surface area contributed by atoms with E-state index in [0.29, 0.717) is 27.1 Å². The molecule has 0 aliphatic heterocycles. The number of carbonyl (C=O) groups is 1. The van der Waals surface area contributed by atoms with E-state index in [1.807, 2.05) is 0 Å². The van der Waals surface area contributed by atoms with Crippen molar-refractivity contribution in [2.75, 3.05) is 21.3 Å². The van der Waals surface area contributed by atoms with Crippen molar-refractivity contribution in [2.45, 2.75) is 31.0 Å². The Bertz CT molecular complexity index is 1170. The smallest absolute Gasteiger partial charge is 0.424 e. The molecule has 10 heteroatoms. The number of amides is 1. The lowest BCUT2D eigenvalue weighted by Crippen LogP contribution is -2.58. The number of carbonyl (C=O) groups excluding carboxylic acids is 1. The molecule has 3 aromatic carbocycles. The van der Waals surface area contributed by atoms with Gasteiger partial charge in [0.05, 0.1) is 20.8 Å². The monoisotopic (exact) mass is 581 g/mol. The Morgan fingerprint density at radius 1 is 0.892 bits per heavy atom. The van der Waals surface area contributed by atoms with Crippen LogP contribution in [0.4, 0.5) is 13.2 Å². The minimum atomic E-state index is -5.23. The highest BCUT2D eigenvalue weighted by atomic mass is 79.9. The summed E-state index contributed by atoms with van der Waals surface area (Å²) in [6, 6.07) is 18.1. The molecule has 0 aromatic heterocycles. The molecule has 0 radical (unpaired) electrons. The Balaban J connectivity index is 1.98. The highest BCUT2D eigenvalue weighted by Gasteiger charge is 2.63. The van der Waals surface area contributed by atoms with Gasteiger partial charge in [-0.1, -0.05) is 52.3 Å². The number of methoxy groups -OCH3 is 2. The topological polar surface area (TPSA) is 68.2 Å². The molecule has 6 nitrogen and oxygen atoms in total. The van der Waals surface area contributed by atoms with E-state index in [9.17, 15) is 23.1 Å². The fraction of sp³-hybridized carbons (Fsp3) is 0.296. The van der Waals surface area contributed by atoms with E-state index in [4.69, 9.17) is 14.2 Å². The predicted octanol–water partition coefficient (Wildman–Crippen LogP) is 5.46. The Kier molecular flexibility index (Phi) is 9.22. The Morgan fingerprint density at radius 3 is 1.84 bits per heavy atom. The molecule has 3 rings (SSSR count). The molecule has 1 amide bonds. The van der Waals surface area contributed by atoms with Gasteiger partial charge in [0.25, 0.3) is 5.91 Å². The number of alkyl halides is 3. The molecule has 2 atom stereocenters. The normalized spacial score (nSPS) is 13.9. The van der Waals surface area contributed by atoms with Gasteiger partial charge in [0.1, 0.15) is 11.5 Å². The quantitative estimate of drug-likeness (QED) is 0.344. The first kappa shape index (κ1) is 28.5. The van der Waals surface area contributed by atoms with Gasteiger partial charge < -0.3 is 24.2 Å². The van der Waals surface area contributed by atoms with Gasteiger partial charge >= 0.3 is 6.18 Å². The third-order valence-electron chi connectivity index (χ3n) is 5.85. The lowest BCUT2D eigenvalue weighted by molar-refractivity contribution is -0.301. The minimum Gasteiger partial charge on any atom is -0.497 e. The van der Waals surface area contributed by atoms with Crippen molar-refractivity contribution in [3.05, 3.63) is 94.0 Å². The summed E-state index contributed by atoms with van der Waals surface area (Å²) in [5, 5.41) is 11.2. The fourth-order valence-corrected chi connectivity index (χ4v) is 3.99. The van der Waals surface area contributed by atoms with E-state index >= 15 is 0 Å². The zero-order valence-corrected chi connectivity index (χ0v) is 22.0. The highest BCUT2D eigenvalue weighted by molar-refractivity contribution is 9.10. The Hall–Kier alpha value is -3.08. The predicted molar refractivity (Wildman–Crippen MR) is 135 cm³/mol. The van der Waals surface area contributed by atoms with Crippen LogP contribution in [0.3, 0.4) is 0 Å². The highest BCUT2D eigenvalue weighted by Crippen LogP contribution is 2.44. The zero-order valence-electron chi connectivity index (χ0n) is 20.5. The SMILES string of the molecule is COc1ccc(COC(C(=O)N(C)Cc2ccc(OC)cc2)[C@@](O)(c2ccc(Br)cc2)C(F)(F)F)cc1. The Morgan fingerprint density at radius 2 is 1.38 bits per heavy atom. The first-order valence-corrected chi connectivity index (χ1v) is 12.0. The van der Waals surface area contributed by atoms with Crippen LogP contribution in [0.1, 0.15) is 16.7 Å². The maximum Gasteiger partial charge on any atom is 0.424 e. The number of ether oxygens (including phenoxy) is 3. The molecular formula is C27H27BrF3NO5. The number of aliphatic hydroxyl groups is 1. The van der Waals surface area contributed by atoms with Gasteiger partial charge in [0.15, 0.2) is 6.10 Å². The molecule has 0 saturated carbocycles. The van der Waals surface area contributed by atoms with E-state index < -0.39 is 29.4 Å². The number of hydrogen-bond acceptors (Lipinski definition) is 5. The summed E-state index contributed by atoms with van der Waals surface area (Å²) >= 11 is 3.18. The van der Waals surface area contributed by atoms with E-state index in [1.165, 1.54) is 33.4 Å². The van der Waals surface area contributed by atoms with Gasteiger partial charge in [-0.05, 0) is 53.1 Å². The fourth-order valence-electron chi connectivity index (χ4n) is 3.72. The third-order valence-corrected chi connectivity index (χ3v) is 6.38. The van der Waals surface area contributed by atoms with Crippen LogP contribution in [-0.2, 0) is 28.3 Å². The molecule has 0 fully saturated rings. The molecule has 198 valence electrons. The summed E-state index contributed by atoms with van der Waals surface area (Å²) in [5.74, 6) is 0.115. The van der Waals surface area contributed by atoms with Crippen LogP contribution < -0.4 is 9.47 Å². The standard InChI is InChI=1S/C27H27BrF3NO5/c1-32(16-18-4-12-22(35-2)13-5-18)25(33)24(37-17-19-6-14-23(36-3)15-7-19)26(34,27(29,30)31)20-8-10-21(28)11-9-20/h4-15,24,34H,16-17H2,1-3H3/t24?,26-/m0/s1. The lowest BCUT2D eigenvalue weighted by atomic mass is 9.86. The van der Waals surface area contributed by atoms with Gasteiger partial charge in [-0.25, -0.2) is 0 Å². The number of likely N-dealkylation sites (N-methyl/N-ethyl adjacent to an activating group) is 1. The second kappa shape index (κ2) is 12.0. The summed E-state index contributed by atoms with van der Waals surface area (Å²) in [6.07, 6.45) is -7.53. The van der Waals surface area contributed by atoms with Crippen LogP contribution in [0.25, 0.3) is 0 Å². The van der Waals surface area contributed by atoms with Crippen molar-refractivity contribution in [1.82, 2.24) is 4.90 Å². The minimum absolute atomic E-state index is 0.0144. The number of halogens is 4. The van der Waals surface area contributed by atoms with Gasteiger partial charge in [-0.2, -0.15) is 13.2 Å². The second-order valence-electron chi connectivity index (χ2n) is 8.35. The molecule has 1 unspecified atom stereocenters. The van der Waals surface area contributed by atoms with Crippen molar-refractivity contribution in [1.29, 1.82) is 0 Å². The molecule has 37 heavy (non-hydrogen) atoms. The average Bonchev–Trinajstić information content (AvgIpc) is 2.89. The second-order valence-corrected chi connectivity index (χ2v) is 9.27. The summed E-state index contributed by atoms with van der Waals surface area (Å²) in [7, 11) is 4.35. The van der Waals surface area contributed by atoms with Crippen LogP contribution >= 0.6 is 15.9 Å². The maximum atomic E-state index is 14.6. The third kappa shape index (κ3) is 6.63. The van der Waals surface area contributed by atoms with Crippen LogP contribution in [0, 0.1) is 0 Å². The van der Waals surface area contributed by atoms with Crippen molar-refractivity contribution in [2.24, 2.45) is 0 Å². The van der Waals surface area contributed by atoms with Gasteiger partial charge in [0, 0.05) is 18.1 Å². The Labute approximate surface area is 221 Å². The summed E-state index contributed by atoms with van der Waals surface area (Å²) in [6.45, 7) is -0.370. The number of nitrogens with zero attached hydrogens (tertiary/aromatic N) is 1. The summed E-state index contributed by atoms with van der Waals surface area (Å²) < 4.78 is 60.0. The maximum absolute atomic E-state index is 14.6. The molecule has 0 saturated heterocycles. The molecule has 0 aliphatic rings. The molecule has 0 aliphatic carbocycles. The van der Waals surface area contributed by atoms with E-state index in [1.54, 1.807) is 48.5 Å². The van der Waals surface area contributed by atoms with Gasteiger partial charge in [0.2, 0.25) is 5.60 Å². The molecule has 3 aromatic rings. The van der Waals surface area contributed by atoms with Crippen molar-refractivity contribution in [3.63, 3.8) is 0 Å². The van der Waals surface area contributed by atoms with Gasteiger partial charge in [-0.3, -0.25) is 4.79 Å². The molecule has 1 N–H and O–H groups in total. The first-order valence-electron chi connectivity index (χ1n) is 11.2. The molecule has 0 spiro atoms. The largest absolute Gasteiger partial charge is 0.497 e. The van der Waals surface area contributed by atoms with Crippen LogP contribution in [0.2, 0.25) is 0 Å². The van der Waals surface area contributed by atoms with Crippen molar-refractivity contribution < 1.29 is 37.3 Å². The lowest BCUT2D eigenvalue weighted by Gasteiger charge is -2.38. The number of hydrogen-bond donors (Lipinski definition) is 1. The molecule has 0 heterocycles. The van der Waals surface area contributed by atoms with E-state index in [2.05, 4.69) is 15.9 Å². The summed E-state index contributed by atoms with van der Waals surface area (Å²) in [4.78, 5) is 14.6. The summed E-state index contributed by atoms with van der Waals surface area (Å²) in [5.41, 5.74) is -2.98. The molecule has 0 bridgehead atoms. The zero-order chi connectivity index (χ0) is 27.2. The van der Waals surface area contributed by atoms with Crippen molar-refractivity contribution in [3.8, 4) is 11.5 Å². The van der Waals surface area contributed by atoms with Crippen LogP contribution in [0.5, 0.6) is 11.5 Å².